The smallest absolute Gasteiger partial charge is 0.126 e. The van der Waals surface area contributed by atoms with Crippen LogP contribution in [0.5, 0.6) is 0 Å². The fraction of sp³-hybridized carbons (Fsp3) is 0.857. The number of fused-ring (bicyclic) bond motifs is 1. The minimum atomic E-state index is 0.603. The van der Waals surface area contributed by atoms with Crippen molar-refractivity contribution in [2.24, 2.45) is 5.92 Å². The first kappa shape index (κ1) is 4.80. The summed E-state index contributed by atoms with van der Waals surface area (Å²) < 4.78 is 5.26. The summed E-state index contributed by atoms with van der Waals surface area (Å²) in [6.07, 6.45) is 5.88. The molecule has 2 atom stereocenters. The van der Waals surface area contributed by atoms with Crippen LogP contribution in [0.3, 0.4) is 0 Å². The molecular formula is C7H11O. The van der Waals surface area contributed by atoms with Gasteiger partial charge in [-0.1, -0.05) is 6.92 Å². The highest BCUT2D eigenvalue weighted by Gasteiger charge is 2.43. The first-order valence-electron chi connectivity index (χ1n) is 3.38. The van der Waals surface area contributed by atoms with E-state index in [0.717, 1.165) is 5.92 Å². The van der Waals surface area contributed by atoms with Crippen LogP contribution in [0.15, 0.2) is 0 Å². The van der Waals surface area contributed by atoms with Gasteiger partial charge in [0.05, 0.1) is 6.10 Å². The second-order valence-electron chi connectivity index (χ2n) is 2.96. The lowest BCUT2D eigenvalue weighted by Crippen LogP contribution is -2.05. The van der Waals surface area contributed by atoms with Crippen LogP contribution >= 0.6 is 0 Å². The Morgan fingerprint density at radius 3 is 3.00 bits per heavy atom. The minimum Gasteiger partial charge on any atom is -0.363 e. The fourth-order valence-corrected chi connectivity index (χ4v) is 1.43. The summed E-state index contributed by atoms with van der Waals surface area (Å²) in [5, 5.41) is 0. The van der Waals surface area contributed by atoms with Crippen LogP contribution in [0, 0.1) is 12.0 Å². The molecular weight excluding hydrogens is 100 g/mol. The molecule has 0 amide bonds. The second-order valence-corrected chi connectivity index (χ2v) is 2.96. The monoisotopic (exact) mass is 111 g/mol. The summed E-state index contributed by atoms with van der Waals surface area (Å²) in [6, 6.07) is 0. The average molecular weight is 111 g/mol. The minimum absolute atomic E-state index is 0.603. The molecule has 1 aliphatic heterocycles. The first-order valence-corrected chi connectivity index (χ1v) is 3.38. The van der Waals surface area contributed by atoms with E-state index in [1.807, 2.05) is 0 Å². The summed E-state index contributed by atoms with van der Waals surface area (Å²) in [5.41, 5.74) is 0. The fourth-order valence-electron chi connectivity index (χ4n) is 1.43. The molecule has 1 saturated carbocycles. The number of rotatable bonds is 0. The standard InChI is InChI=1S/C7H11O/c1-5-2-3-6-7(4-5)8-6/h5-6H,2-4H2,1H3. The molecule has 0 aromatic heterocycles. The molecule has 0 N–H and O–H groups in total. The molecule has 0 aromatic rings. The van der Waals surface area contributed by atoms with Crippen molar-refractivity contribution in [3.05, 3.63) is 6.10 Å². The van der Waals surface area contributed by atoms with Gasteiger partial charge in [0, 0.05) is 0 Å². The van der Waals surface area contributed by atoms with Gasteiger partial charge in [0.25, 0.3) is 0 Å². The molecule has 1 saturated heterocycles. The molecule has 0 bridgehead atoms. The van der Waals surface area contributed by atoms with Gasteiger partial charge in [0.15, 0.2) is 0 Å². The van der Waals surface area contributed by atoms with Crippen LogP contribution in [0.1, 0.15) is 26.2 Å². The Morgan fingerprint density at radius 2 is 2.38 bits per heavy atom. The van der Waals surface area contributed by atoms with Crippen molar-refractivity contribution in [3.8, 4) is 0 Å². The van der Waals surface area contributed by atoms with E-state index in [9.17, 15) is 0 Å². The predicted octanol–water partition coefficient (Wildman–Crippen LogP) is 1.74. The highest BCUT2D eigenvalue weighted by atomic mass is 16.6. The van der Waals surface area contributed by atoms with E-state index in [1.54, 1.807) is 0 Å². The van der Waals surface area contributed by atoms with Crippen LogP contribution in [0.2, 0.25) is 0 Å². The van der Waals surface area contributed by atoms with E-state index in [1.165, 1.54) is 25.4 Å². The second kappa shape index (κ2) is 1.47. The maximum absolute atomic E-state index is 5.26. The van der Waals surface area contributed by atoms with Gasteiger partial charge in [0.1, 0.15) is 6.10 Å². The number of epoxide rings is 1. The maximum atomic E-state index is 5.26. The van der Waals surface area contributed by atoms with E-state index in [0.29, 0.717) is 6.10 Å². The van der Waals surface area contributed by atoms with E-state index in [4.69, 9.17) is 4.74 Å². The lowest BCUT2D eigenvalue weighted by molar-refractivity contribution is 0.402. The Balaban J connectivity index is 1.93. The molecule has 1 nitrogen and oxygen atoms in total. The summed E-state index contributed by atoms with van der Waals surface area (Å²) in [5.74, 6) is 0.892. The predicted molar refractivity (Wildman–Crippen MR) is 31.1 cm³/mol. The number of hydrogen-bond donors (Lipinski definition) is 0. The molecule has 2 fully saturated rings. The molecule has 1 heterocycles. The Kier molecular flexibility index (Phi) is 0.884. The van der Waals surface area contributed by atoms with Crippen molar-refractivity contribution in [3.63, 3.8) is 0 Å². The summed E-state index contributed by atoms with van der Waals surface area (Å²) in [6.45, 7) is 2.30. The van der Waals surface area contributed by atoms with Gasteiger partial charge < -0.3 is 4.74 Å². The summed E-state index contributed by atoms with van der Waals surface area (Å²) >= 11 is 0. The summed E-state index contributed by atoms with van der Waals surface area (Å²) in [7, 11) is 0. The van der Waals surface area contributed by atoms with Gasteiger partial charge in [-0.2, -0.15) is 0 Å². The molecule has 2 rings (SSSR count). The molecule has 1 heteroatoms. The van der Waals surface area contributed by atoms with Gasteiger partial charge in [-0.3, -0.25) is 0 Å². The third-order valence-electron chi connectivity index (χ3n) is 2.07. The lowest BCUT2D eigenvalue weighted by Gasteiger charge is -2.11. The van der Waals surface area contributed by atoms with Gasteiger partial charge >= 0.3 is 0 Å². The third kappa shape index (κ3) is 0.655. The van der Waals surface area contributed by atoms with E-state index in [-0.39, 0.29) is 0 Å². The van der Waals surface area contributed by atoms with Crippen molar-refractivity contribution in [2.45, 2.75) is 32.3 Å². The molecule has 2 aliphatic rings. The quantitative estimate of drug-likeness (QED) is 0.434. The molecule has 0 aromatic carbocycles. The zero-order valence-corrected chi connectivity index (χ0v) is 5.18. The first-order chi connectivity index (χ1) is 3.86. The van der Waals surface area contributed by atoms with Gasteiger partial charge in [-0.15, -0.1) is 0 Å². The normalized spacial score (nSPS) is 46.1. The highest BCUT2D eigenvalue weighted by molar-refractivity contribution is 5.06. The van der Waals surface area contributed by atoms with Crippen LogP contribution in [0.25, 0.3) is 0 Å². The van der Waals surface area contributed by atoms with Crippen molar-refractivity contribution in [1.82, 2.24) is 0 Å². The van der Waals surface area contributed by atoms with Crippen LogP contribution in [0.4, 0.5) is 0 Å². The van der Waals surface area contributed by atoms with Crippen LogP contribution < -0.4 is 0 Å². The molecule has 0 spiro atoms. The van der Waals surface area contributed by atoms with E-state index >= 15 is 0 Å². The maximum Gasteiger partial charge on any atom is 0.126 e. The average Bonchev–Trinajstić information content (AvgIpc) is 2.43. The zero-order valence-electron chi connectivity index (χ0n) is 5.18. The Morgan fingerprint density at radius 1 is 1.50 bits per heavy atom. The Labute approximate surface area is 50.0 Å². The SMILES string of the molecule is CC1CCC2O[C]2C1. The van der Waals surface area contributed by atoms with E-state index in [2.05, 4.69) is 6.92 Å². The largest absolute Gasteiger partial charge is 0.363 e. The van der Waals surface area contributed by atoms with Crippen molar-refractivity contribution in [2.75, 3.05) is 0 Å². The molecule has 45 valence electrons. The van der Waals surface area contributed by atoms with Crippen molar-refractivity contribution < 1.29 is 4.74 Å². The number of hydrogen-bond acceptors (Lipinski definition) is 1. The van der Waals surface area contributed by atoms with Crippen molar-refractivity contribution >= 4 is 0 Å². The Bertz CT molecular complexity index is 101. The van der Waals surface area contributed by atoms with Gasteiger partial charge in [0.2, 0.25) is 0 Å². The Hall–Kier alpha value is -0.0400. The van der Waals surface area contributed by atoms with Crippen LogP contribution in [-0.4, -0.2) is 6.10 Å². The molecule has 1 radical (unpaired) electrons. The summed E-state index contributed by atoms with van der Waals surface area (Å²) in [4.78, 5) is 0. The third-order valence-corrected chi connectivity index (χ3v) is 2.07. The molecule has 1 aliphatic carbocycles. The zero-order chi connectivity index (χ0) is 5.56. The van der Waals surface area contributed by atoms with Gasteiger partial charge in [-0.25, -0.2) is 0 Å². The topological polar surface area (TPSA) is 12.5 Å². The molecule has 2 unspecified atom stereocenters. The lowest BCUT2D eigenvalue weighted by atomic mass is 9.91. The molecule has 8 heavy (non-hydrogen) atoms. The van der Waals surface area contributed by atoms with Crippen molar-refractivity contribution in [1.29, 1.82) is 0 Å². The highest BCUT2D eigenvalue weighted by Crippen LogP contribution is 2.45. The van der Waals surface area contributed by atoms with Gasteiger partial charge in [-0.05, 0) is 25.2 Å². The van der Waals surface area contributed by atoms with E-state index < -0.39 is 0 Å². The number of ether oxygens (including phenoxy) is 1. The van der Waals surface area contributed by atoms with Crippen LogP contribution in [-0.2, 0) is 4.74 Å².